The van der Waals surface area contributed by atoms with Gasteiger partial charge in [0.1, 0.15) is 0 Å². The van der Waals surface area contributed by atoms with E-state index in [-0.39, 0.29) is 5.56 Å². The molecule has 2 aromatic heterocycles. The van der Waals surface area contributed by atoms with Gasteiger partial charge in [-0.25, -0.2) is 4.57 Å². The lowest BCUT2D eigenvalue weighted by atomic mass is 10.2. The molecular weight excluding hydrogens is 260 g/mol. The number of hydrogen-bond acceptors (Lipinski definition) is 3. The number of rotatable bonds is 1. The Morgan fingerprint density at radius 1 is 1.32 bits per heavy atom. The van der Waals surface area contributed by atoms with E-state index in [0.29, 0.717) is 15.8 Å². The van der Waals surface area contributed by atoms with Gasteiger partial charge in [-0.15, -0.1) is 0 Å². The average molecular weight is 272 g/mol. The lowest BCUT2D eigenvalue weighted by molar-refractivity contribution is 0.737. The van der Waals surface area contributed by atoms with Crippen LogP contribution in [0, 0.1) is 11.7 Å². The van der Waals surface area contributed by atoms with E-state index < -0.39 is 0 Å². The summed E-state index contributed by atoms with van der Waals surface area (Å²) in [5, 5.41) is 4.76. The fourth-order valence-corrected chi connectivity index (χ4v) is 2.38. The van der Waals surface area contributed by atoms with Crippen molar-refractivity contribution in [2.24, 2.45) is 7.05 Å². The number of aromatic amines is 1. The summed E-state index contributed by atoms with van der Waals surface area (Å²) in [7, 11) is 1.83. The van der Waals surface area contributed by atoms with Gasteiger partial charge >= 0.3 is 0 Å². The molecule has 0 bridgehead atoms. The van der Waals surface area contributed by atoms with Crippen LogP contribution in [0.25, 0.3) is 16.6 Å². The SMILES string of the molecule is Cc1c(-n2c(=S)[nH]c3ccccc3c2=O)cnn1C. The van der Waals surface area contributed by atoms with Gasteiger partial charge in [0.15, 0.2) is 4.77 Å². The predicted octanol–water partition coefficient (Wildman–Crippen LogP) is 2.09. The summed E-state index contributed by atoms with van der Waals surface area (Å²) in [5.74, 6) is 0. The molecule has 3 aromatic rings. The minimum atomic E-state index is -0.129. The van der Waals surface area contributed by atoms with Crippen LogP contribution in [0.15, 0.2) is 35.3 Å². The van der Waals surface area contributed by atoms with E-state index in [2.05, 4.69) is 10.1 Å². The van der Waals surface area contributed by atoms with Crippen LogP contribution in [0.3, 0.4) is 0 Å². The van der Waals surface area contributed by atoms with Crippen molar-refractivity contribution in [1.29, 1.82) is 0 Å². The van der Waals surface area contributed by atoms with E-state index >= 15 is 0 Å². The molecule has 0 atom stereocenters. The van der Waals surface area contributed by atoms with Crippen molar-refractivity contribution in [3.05, 3.63) is 51.3 Å². The van der Waals surface area contributed by atoms with Crippen LogP contribution < -0.4 is 5.56 Å². The first kappa shape index (κ1) is 11.9. The lowest BCUT2D eigenvalue weighted by Crippen LogP contribution is -2.20. The van der Waals surface area contributed by atoms with E-state index in [1.165, 1.54) is 4.57 Å². The first-order chi connectivity index (χ1) is 9.09. The van der Waals surface area contributed by atoms with Gasteiger partial charge in [0.05, 0.1) is 28.5 Å². The molecule has 0 saturated carbocycles. The number of fused-ring (bicyclic) bond motifs is 1. The molecule has 0 aliphatic rings. The minimum absolute atomic E-state index is 0.129. The summed E-state index contributed by atoms with van der Waals surface area (Å²) in [5.41, 5.74) is 2.21. The fraction of sp³-hybridized carbons (Fsp3) is 0.154. The Morgan fingerprint density at radius 3 is 2.74 bits per heavy atom. The van der Waals surface area contributed by atoms with Crippen LogP contribution in [0.5, 0.6) is 0 Å². The van der Waals surface area contributed by atoms with Gasteiger partial charge in [-0.3, -0.25) is 9.48 Å². The zero-order valence-electron chi connectivity index (χ0n) is 10.5. The van der Waals surface area contributed by atoms with Crippen LogP contribution in [0.1, 0.15) is 5.69 Å². The first-order valence-corrected chi connectivity index (χ1v) is 6.23. The van der Waals surface area contributed by atoms with Gasteiger partial charge in [0, 0.05) is 7.05 Å². The molecule has 1 aromatic carbocycles. The second kappa shape index (κ2) is 4.17. The summed E-state index contributed by atoms with van der Waals surface area (Å²) in [6, 6.07) is 7.33. The molecule has 2 heterocycles. The molecule has 1 N–H and O–H groups in total. The minimum Gasteiger partial charge on any atom is -0.331 e. The zero-order valence-corrected chi connectivity index (χ0v) is 11.4. The summed E-state index contributed by atoms with van der Waals surface area (Å²) >= 11 is 5.29. The van der Waals surface area contributed by atoms with Crippen molar-refractivity contribution in [3.63, 3.8) is 0 Å². The van der Waals surface area contributed by atoms with E-state index in [4.69, 9.17) is 12.2 Å². The zero-order chi connectivity index (χ0) is 13.6. The van der Waals surface area contributed by atoms with Crippen molar-refractivity contribution < 1.29 is 0 Å². The van der Waals surface area contributed by atoms with Crippen molar-refractivity contribution in [3.8, 4) is 5.69 Å². The standard InChI is InChI=1S/C13H12N4OS/c1-8-11(7-14-16(8)2)17-12(18)9-5-3-4-6-10(9)15-13(17)19/h3-7H,1-2H3,(H,15,19). The molecule has 0 aliphatic heterocycles. The molecule has 0 spiro atoms. The molecular formula is C13H12N4OS. The Labute approximate surface area is 114 Å². The first-order valence-electron chi connectivity index (χ1n) is 5.82. The second-order valence-electron chi connectivity index (χ2n) is 4.36. The van der Waals surface area contributed by atoms with Crippen molar-refractivity contribution in [1.82, 2.24) is 19.3 Å². The van der Waals surface area contributed by atoms with E-state index in [9.17, 15) is 4.79 Å². The largest absolute Gasteiger partial charge is 0.331 e. The molecule has 0 aliphatic carbocycles. The maximum Gasteiger partial charge on any atom is 0.266 e. The maximum atomic E-state index is 12.6. The highest BCUT2D eigenvalue weighted by Gasteiger charge is 2.11. The number of benzene rings is 1. The van der Waals surface area contributed by atoms with Crippen LogP contribution >= 0.6 is 12.2 Å². The quantitative estimate of drug-likeness (QED) is 0.690. The smallest absolute Gasteiger partial charge is 0.266 e. The van der Waals surface area contributed by atoms with Gasteiger partial charge < -0.3 is 4.98 Å². The number of nitrogens with one attached hydrogen (secondary N) is 1. The number of para-hydroxylation sites is 1. The topological polar surface area (TPSA) is 55.6 Å². The van der Waals surface area contributed by atoms with Gasteiger partial charge in [0.25, 0.3) is 5.56 Å². The lowest BCUT2D eigenvalue weighted by Gasteiger charge is -2.07. The van der Waals surface area contributed by atoms with Gasteiger partial charge in [-0.2, -0.15) is 5.10 Å². The number of hydrogen-bond donors (Lipinski definition) is 1. The highest BCUT2D eigenvalue weighted by molar-refractivity contribution is 7.71. The predicted molar refractivity (Wildman–Crippen MR) is 76.2 cm³/mol. The monoisotopic (exact) mass is 272 g/mol. The molecule has 19 heavy (non-hydrogen) atoms. The van der Waals surface area contributed by atoms with Crippen molar-refractivity contribution >= 4 is 23.1 Å². The van der Waals surface area contributed by atoms with Crippen molar-refractivity contribution in [2.45, 2.75) is 6.92 Å². The summed E-state index contributed by atoms with van der Waals surface area (Å²) in [6.07, 6.45) is 1.65. The van der Waals surface area contributed by atoms with E-state index in [0.717, 1.165) is 11.2 Å². The van der Waals surface area contributed by atoms with Crippen LogP contribution in [0.2, 0.25) is 0 Å². The van der Waals surface area contributed by atoms with Crippen LogP contribution in [-0.2, 0) is 7.05 Å². The number of H-pyrrole nitrogens is 1. The highest BCUT2D eigenvalue weighted by atomic mass is 32.1. The number of nitrogens with zero attached hydrogens (tertiary/aromatic N) is 3. The molecule has 0 amide bonds. The Kier molecular flexibility index (Phi) is 2.60. The Hall–Kier alpha value is -2.21. The second-order valence-corrected chi connectivity index (χ2v) is 4.74. The Bertz CT molecular complexity index is 888. The van der Waals surface area contributed by atoms with Gasteiger partial charge in [-0.1, -0.05) is 12.1 Å². The normalized spacial score (nSPS) is 11.1. The third-order valence-corrected chi connectivity index (χ3v) is 3.54. The van der Waals surface area contributed by atoms with E-state index in [1.807, 2.05) is 32.2 Å². The molecule has 96 valence electrons. The summed E-state index contributed by atoms with van der Waals surface area (Å²) in [4.78, 5) is 15.6. The average Bonchev–Trinajstić information content (AvgIpc) is 2.71. The Balaban J connectivity index is 2.46. The summed E-state index contributed by atoms with van der Waals surface area (Å²) in [6.45, 7) is 1.90. The van der Waals surface area contributed by atoms with Crippen LogP contribution in [-0.4, -0.2) is 19.3 Å². The molecule has 0 radical (unpaired) electrons. The Morgan fingerprint density at radius 2 is 2.05 bits per heavy atom. The number of aromatic nitrogens is 4. The molecule has 0 fully saturated rings. The molecule has 0 unspecified atom stereocenters. The maximum absolute atomic E-state index is 12.6. The van der Waals surface area contributed by atoms with Gasteiger partial charge in [-0.05, 0) is 31.3 Å². The van der Waals surface area contributed by atoms with Crippen LogP contribution in [0.4, 0.5) is 0 Å². The number of aryl methyl sites for hydroxylation is 1. The molecule has 5 nitrogen and oxygen atoms in total. The summed E-state index contributed by atoms with van der Waals surface area (Å²) < 4.78 is 3.57. The van der Waals surface area contributed by atoms with Crippen molar-refractivity contribution in [2.75, 3.05) is 0 Å². The molecule has 6 heteroatoms. The molecule has 0 saturated heterocycles. The molecule has 3 rings (SSSR count). The van der Waals surface area contributed by atoms with Gasteiger partial charge in [0.2, 0.25) is 0 Å². The highest BCUT2D eigenvalue weighted by Crippen LogP contribution is 2.13. The van der Waals surface area contributed by atoms with E-state index in [1.54, 1.807) is 16.9 Å². The third-order valence-electron chi connectivity index (χ3n) is 3.26. The third kappa shape index (κ3) is 1.72. The fourth-order valence-electron chi connectivity index (χ4n) is 2.09.